The van der Waals surface area contributed by atoms with Gasteiger partial charge in [0.2, 0.25) is 5.95 Å². The van der Waals surface area contributed by atoms with Crippen LogP contribution in [0.4, 0.5) is 36.3 Å². The maximum Gasteiger partial charge on any atom is 0.416 e. The van der Waals surface area contributed by atoms with Crippen molar-refractivity contribution in [1.82, 2.24) is 15.2 Å². The van der Waals surface area contributed by atoms with Gasteiger partial charge >= 0.3 is 6.18 Å². The average Bonchev–Trinajstić information content (AvgIpc) is 2.55. The van der Waals surface area contributed by atoms with Crippen LogP contribution in [-0.2, 0) is 6.18 Å². The van der Waals surface area contributed by atoms with Crippen LogP contribution in [-0.4, -0.2) is 15.2 Å². The summed E-state index contributed by atoms with van der Waals surface area (Å²) in [5.74, 6) is 0.520. The molecule has 0 unspecified atom stereocenters. The second-order valence-corrected chi connectivity index (χ2v) is 5.36. The molecular weight excluding hydrogens is 331 g/mol. The summed E-state index contributed by atoms with van der Waals surface area (Å²) >= 11 is 0. The van der Waals surface area contributed by atoms with Crippen molar-refractivity contribution in [3.05, 3.63) is 65.9 Å². The van der Waals surface area contributed by atoms with Crippen molar-refractivity contribution in [3.8, 4) is 0 Å². The molecule has 3 aromatic rings. The van der Waals surface area contributed by atoms with Crippen molar-refractivity contribution in [2.75, 3.05) is 10.6 Å². The normalized spacial score (nSPS) is 11.2. The van der Waals surface area contributed by atoms with E-state index in [1.165, 1.54) is 18.3 Å². The predicted molar refractivity (Wildman–Crippen MR) is 89.0 cm³/mol. The molecule has 0 aliphatic heterocycles. The van der Waals surface area contributed by atoms with Gasteiger partial charge in [-0.2, -0.15) is 23.3 Å². The van der Waals surface area contributed by atoms with Crippen molar-refractivity contribution in [3.63, 3.8) is 0 Å². The molecule has 128 valence electrons. The van der Waals surface area contributed by atoms with Gasteiger partial charge in [0.15, 0.2) is 5.82 Å². The number of alkyl halides is 3. The Morgan fingerprint density at radius 3 is 2.36 bits per heavy atom. The third-order valence-corrected chi connectivity index (χ3v) is 3.30. The van der Waals surface area contributed by atoms with Gasteiger partial charge in [0.05, 0.1) is 11.8 Å². The van der Waals surface area contributed by atoms with Crippen molar-refractivity contribution in [1.29, 1.82) is 0 Å². The molecule has 5 nitrogen and oxygen atoms in total. The Morgan fingerprint density at radius 2 is 1.64 bits per heavy atom. The molecule has 2 aromatic carbocycles. The second kappa shape index (κ2) is 6.76. The summed E-state index contributed by atoms with van der Waals surface area (Å²) in [6.45, 7) is 1.95. The van der Waals surface area contributed by atoms with E-state index in [0.29, 0.717) is 0 Å². The van der Waals surface area contributed by atoms with Crippen LogP contribution in [0.25, 0.3) is 0 Å². The zero-order valence-electron chi connectivity index (χ0n) is 13.2. The summed E-state index contributed by atoms with van der Waals surface area (Å²) in [7, 11) is 0. The van der Waals surface area contributed by atoms with Crippen LogP contribution in [0.3, 0.4) is 0 Å². The van der Waals surface area contributed by atoms with Gasteiger partial charge in [-0.05, 0) is 42.8 Å². The van der Waals surface area contributed by atoms with Crippen LogP contribution in [0, 0.1) is 6.92 Å². The maximum absolute atomic E-state index is 12.8. The molecule has 25 heavy (non-hydrogen) atoms. The van der Waals surface area contributed by atoms with E-state index in [1.807, 2.05) is 31.2 Å². The van der Waals surface area contributed by atoms with Crippen LogP contribution in [0.2, 0.25) is 0 Å². The van der Waals surface area contributed by atoms with E-state index in [0.717, 1.165) is 23.4 Å². The van der Waals surface area contributed by atoms with Crippen LogP contribution in [0.1, 0.15) is 11.1 Å². The molecular formula is C17H14F3N5. The molecule has 0 aliphatic carbocycles. The van der Waals surface area contributed by atoms with Gasteiger partial charge in [0, 0.05) is 11.4 Å². The Bertz CT molecular complexity index is 880. The first-order valence-corrected chi connectivity index (χ1v) is 7.38. The molecule has 8 heteroatoms. The lowest BCUT2D eigenvalue weighted by Crippen LogP contribution is -2.06. The van der Waals surface area contributed by atoms with E-state index >= 15 is 0 Å². The highest BCUT2D eigenvalue weighted by Crippen LogP contribution is 2.31. The Kier molecular flexibility index (Phi) is 4.51. The fraction of sp³-hybridized carbons (Fsp3) is 0.118. The van der Waals surface area contributed by atoms with E-state index < -0.39 is 11.7 Å². The van der Waals surface area contributed by atoms with Gasteiger partial charge in [-0.3, -0.25) is 0 Å². The average molecular weight is 345 g/mol. The van der Waals surface area contributed by atoms with E-state index in [2.05, 4.69) is 25.8 Å². The summed E-state index contributed by atoms with van der Waals surface area (Å²) < 4.78 is 38.3. The number of aryl methyl sites for hydroxylation is 1. The molecule has 2 N–H and O–H groups in total. The Morgan fingerprint density at radius 1 is 0.920 bits per heavy atom. The number of anilines is 4. The number of benzene rings is 2. The molecule has 0 atom stereocenters. The first kappa shape index (κ1) is 16.7. The molecule has 0 radical (unpaired) electrons. The summed E-state index contributed by atoms with van der Waals surface area (Å²) in [6.07, 6.45) is -3.07. The number of hydrogen-bond donors (Lipinski definition) is 2. The summed E-state index contributed by atoms with van der Waals surface area (Å²) in [4.78, 5) is 4.21. The van der Waals surface area contributed by atoms with Gasteiger partial charge in [-0.1, -0.05) is 18.2 Å². The Balaban J connectivity index is 1.78. The molecule has 0 fully saturated rings. The highest BCUT2D eigenvalue weighted by molar-refractivity contribution is 5.59. The molecule has 0 bridgehead atoms. The van der Waals surface area contributed by atoms with Gasteiger partial charge < -0.3 is 10.6 Å². The molecule has 3 rings (SSSR count). The van der Waals surface area contributed by atoms with E-state index in [1.54, 1.807) is 0 Å². The minimum Gasteiger partial charge on any atom is -0.339 e. The smallest absolute Gasteiger partial charge is 0.339 e. The molecule has 0 saturated carbocycles. The Labute approximate surface area is 141 Å². The fourth-order valence-electron chi connectivity index (χ4n) is 2.19. The third-order valence-electron chi connectivity index (χ3n) is 3.30. The standard InChI is InChI=1S/C17H14F3N5/c1-11-4-2-6-13(8-11)23-16-24-15(10-21-25-16)22-14-7-3-5-12(9-14)17(18,19)20/h2-10H,1H3,(H2,22,23,24,25). The van der Waals surface area contributed by atoms with Crippen molar-refractivity contribution >= 4 is 23.1 Å². The quantitative estimate of drug-likeness (QED) is 0.718. The van der Waals surface area contributed by atoms with Crippen LogP contribution >= 0.6 is 0 Å². The predicted octanol–water partition coefficient (Wildman–Crippen LogP) is 4.69. The number of halogens is 3. The van der Waals surface area contributed by atoms with Gasteiger partial charge in [-0.15, -0.1) is 5.10 Å². The van der Waals surface area contributed by atoms with Gasteiger partial charge in [0.1, 0.15) is 0 Å². The van der Waals surface area contributed by atoms with Crippen molar-refractivity contribution in [2.24, 2.45) is 0 Å². The molecule has 1 heterocycles. The number of rotatable bonds is 4. The largest absolute Gasteiger partial charge is 0.416 e. The SMILES string of the molecule is Cc1cccc(Nc2nncc(Nc3cccc(C(F)(F)F)c3)n2)c1. The van der Waals surface area contributed by atoms with E-state index in [-0.39, 0.29) is 17.5 Å². The zero-order chi connectivity index (χ0) is 17.9. The van der Waals surface area contributed by atoms with Crippen molar-refractivity contribution in [2.45, 2.75) is 13.1 Å². The summed E-state index contributed by atoms with van der Waals surface area (Å²) in [5, 5.41) is 13.5. The lowest BCUT2D eigenvalue weighted by molar-refractivity contribution is -0.137. The highest BCUT2D eigenvalue weighted by atomic mass is 19.4. The topological polar surface area (TPSA) is 62.7 Å². The lowest BCUT2D eigenvalue weighted by atomic mass is 10.2. The fourth-order valence-corrected chi connectivity index (χ4v) is 2.19. The number of nitrogens with one attached hydrogen (secondary N) is 2. The van der Waals surface area contributed by atoms with E-state index in [4.69, 9.17) is 0 Å². The first-order chi connectivity index (χ1) is 11.9. The number of aromatic nitrogens is 3. The third kappa shape index (κ3) is 4.43. The van der Waals surface area contributed by atoms with Crippen LogP contribution in [0.15, 0.2) is 54.7 Å². The van der Waals surface area contributed by atoms with Crippen molar-refractivity contribution < 1.29 is 13.2 Å². The van der Waals surface area contributed by atoms with Gasteiger partial charge in [0.25, 0.3) is 0 Å². The molecule has 0 amide bonds. The molecule has 0 saturated heterocycles. The number of hydrogen-bond acceptors (Lipinski definition) is 5. The zero-order valence-corrected chi connectivity index (χ0v) is 13.2. The van der Waals surface area contributed by atoms with Crippen LogP contribution in [0.5, 0.6) is 0 Å². The maximum atomic E-state index is 12.8. The second-order valence-electron chi connectivity index (χ2n) is 5.36. The lowest BCUT2D eigenvalue weighted by Gasteiger charge is -2.10. The monoisotopic (exact) mass is 345 g/mol. The molecule has 0 spiro atoms. The minimum absolute atomic E-state index is 0.238. The highest BCUT2D eigenvalue weighted by Gasteiger charge is 2.30. The minimum atomic E-state index is -4.40. The Hall–Kier alpha value is -3.16. The van der Waals surface area contributed by atoms with Gasteiger partial charge in [-0.25, -0.2) is 0 Å². The first-order valence-electron chi connectivity index (χ1n) is 7.38. The molecule has 0 aliphatic rings. The summed E-state index contributed by atoms with van der Waals surface area (Å²) in [5.41, 5.74) is 1.38. The number of nitrogens with zero attached hydrogens (tertiary/aromatic N) is 3. The van der Waals surface area contributed by atoms with E-state index in [9.17, 15) is 13.2 Å². The molecule has 1 aromatic heterocycles. The summed E-state index contributed by atoms with van der Waals surface area (Å²) in [6, 6.07) is 12.5. The van der Waals surface area contributed by atoms with Crippen LogP contribution < -0.4 is 10.6 Å².